The monoisotopic (exact) mass is 660 g/mol. The number of ether oxygens (including phenoxy) is 1. The van der Waals surface area contributed by atoms with Crippen LogP contribution in [0.4, 0.5) is 33.6 Å². The van der Waals surface area contributed by atoms with Crippen LogP contribution in [0, 0.1) is 6.92 Å². The van der Waals surface area contributed by atoms with E-state index in [0.717, 1.165) is 27.7 Å². The number of hydrogen-bond donors (Lipinski definition) is 4. The molecule has 4 N–H and O–H groups in total. The van der Waals surface area contributed by atoms with Crippen LogP contribution in [0.5, 0.6) is 11.6 Å². The van der Waals surface area contributed by atoms with E-state index in [9.17, 15) is 9.00 Å². The van der Waals surface area contributed by atoms with Gasteiger partial charge >= 0.3 is 6.03 Å². The van der Waals surface area contributed by atoms with Crippen molar-refractivity contribution < 1.29 is 13.7 Å². The maximum atomic E-state index is 13.4. The third-order valence-electron chi connectivity index (χ3n) is 7.27. The van der Waals surface area contributed by atoms with Crippen LogP contribution in [0.3, 0.4) is 0 Å². The third kappa shape index (κ3) is 7.73. The van der Waals surface area contributed by atoms with Gasteiger partial charge in [0.25, 0.3) is 0 Å². The summed E-state index contributed by atoms with van der Waals surface area (Å²) in [6.07, 6.45) is 3.13. The zero-order chi connectivity index (χ0) is 33.8. The van der Waals surface area contributed by atoms with E-state index < -0.39 is 15.7 Å². The molecule has 12 heteroatoms. The SMILES string of the molecule is C=S(C)(=O)Nc1cccc(Nc2nccc(Oc3ccc(NC(=O)Nc4cc(C(C)C)nn4-c4ccc(C)cc4)c4ccccc34)n2)c1. The van der Waals surface area contributed by atoms with E-state index in [2.05, 4.69) is 50.4 Å². The second kappa shape index (κ2) is 13.5. The topological polar surface area (TPSA) is 135 Å². The van der Waals surface area contributed by atoms with Crippen molar-refractivity contribution >= 4 is 61.2 Å². The highest BCUT2D eigenvalue weighted by molar-refractivity contribution is 8.00. The van der Waals surface area contributed by atoms with Crippen LogP contribution in [-0.2, 0) is 9.71 Å². The minimum atomic E-state index is -2.43. The Hall–Kier alpha value is -5.88. The van der Waals surface area contributed by atoms with Gasteiger partial charge in [0.15, 0.2) is 0 Å². The first-order valence-corrected chi connectivity index (χ1v) is 17.4. The molecule has 1 atom stereocenters. The van der Waals surface area contributed by atoms with Gasteiger partial charge in [-0.3, -0.25) is 5.32 Å². The van der Waals surface area contributed by atoms with Gasteiger partial charge < -0.3 is 20.1 Å². The number of hydrogen-bond acceptors (Lipinski definition) is 7. The molecule has 0 fully saturated rings. The molecule has 11 nitrogen and oxygen atoms in total. The fraction of sp³-hybridized carbons (Fsp3) is 0.139. The molecule has 0 saturated heterocycles. The molecule has 2 heterocycles. The van der Waals surface area contributed by atoms with Crippen LogP contribution in [-0.4, -0.2) is 42.1 Å². The molecule has 0 bridgehead atoms. The second-order valence-electron chi connectivity index (χ2n) is 11.7. The summed E-state index contributed by atoms with van der Waals surface area (Å²) in [5.41, 5.74) is 4.82. The van der Waals surface area contributed by atoms with Gasteiger partial charge in [0.2, 0.25) is 11.8 Å². The quantitative estimate of drug-likeness (QED) is 0.109. The van der Waals surface area contributed by atoms with E-state index in [1.54, 1.807) is 41.2 Å². The smallest absolute Gasteiger partial charge is 0.324 e. The first-order chi connectivity index (χ1) is 23.0. The number of amides is 2. The van der Waals surface area contributed by atoms with Gasteiger partial charge in [-0.05, 0) is 61.2 Å². The van der Waals surface area contributed by atoms with Crippen molar-refractivity contribution in [3.8, 4) is 17.3 Å². The van der Waals surface area contributed by atoms with Crippen molar-refractivity contribution in [2.75, 3.05) is 26.9 Å². The summed E-state index contributed by atoms with van der Waals surface area (Å²) in [6.45, 7) is 6.15. The number of rotatable bonds is 10. The summed E-state index contributed by atoms with van der Waals surface area (Å²) in [5, 5.41) is 15.4. The van der Waals surface area contributed by atoms with Crippen molar-refractivity contribution in [3.63, 3.8) is 0 Å². The van der Waals surface area contributed by atoms with Gasteiger partial charge in [0.05, 0.1) is 17.1 Å². The summed E-state index contributed by atoms with van der Waals surface area (Å²) in [5.74, 6) is 5.58. The highest BCUT2D eigenvalue weighted by Crippen LogP contribution is 2.34. The van der Waals surface area contributed by atoms with Crippen LogP contribution >= 0.6 is 0 Å². The Labute approximate surface area is 279 Å². The van der Waals surface area contributed by atoms with Gasteiger partial charge in [-0.2, -0.15) is 10.1 Å². The summed E-state index contributed by atoms with van der Waals surface area (Å²) in [6, 6.07) is 29.6. The second-order valence-corrected chi connectivity index (χ2v) is 13.9. The van der Waals surface area contributed by atoms with Gasteiger partial charge in [0, 0.05) is 56.4 Å². The Kier molecular flexibility index (Phi) is 9.00. The van der Waals surface area contributed by atoms with E-state index in [-0.39, 0.29) is 5.92 Å². The molecule has 6 aromatic rings. The molecule has 48 heavy (non-hydrogen) atoms. The zero-order valence-corrected chi connectivity index (χ0v) is 27.8. The molecule has 0 aliphatic carbocycles. The van der Waals surface area contributed by atoms with E-state index in [1.807, 2.05) is 73.7 Å². The first kappa shape index (κ1) is 32.1. The summed E-state index contributed by atoms with van der Waals surface area (Å²) in [7, 11) is -2.43. The molecule has 2 aromatic heterocycles. The maximum absolute atomic E-state index is 13.4. The van der Waals surface area contributed by atoms with Gasteiger partial charge in [-0.1, -0.05) is 61.9 Å². The first-order valence-electron chi connectivity index (χ1n) is 15.3. The van der Waals surface area contributed by atoms with Crippen LogP contribution in [0.15, 0.2) is 103 Å². The molecule has 0 aliphatic heterocycles. The number of carbonyl (C=O) groups excluding carboxylic acids is 1. The fourth-order valence-electron chi connectivity index (χ4n) is 5.00. The predicted octanol–water partition coefficient (Wildman–Crippen LogP) is 8.10. The Morgan fingerprint density at radius 1 is 0.896 bits per heavy atom. The molecule has 6 rings (SSSR count). The predicted molar refractivity (Wildman–Crippen MR) is 196 cm³/mol. The maximum Gasteiger partial charge on any atom is 0.324 e. The highest BCUT2D eigenvalue weighted by Gasteiger charge is 2.16. The molecule has 244 valence electrons. The van der Waals surface area contributed by atoms with Crippen LogP contribution in [0.25, 0.3) is 16.5 Å². The lowest BCUT2D eigenvalue weighted by atomic mass is 10.1. The Morgan fingerprint density at radius 2 is 1.65 bits per heavy atom. The number of aromatic nitrogens is 4. The van der Waals surface area contributed by atoms with E-state index in [0.29, 0.717) is 40.5 Å². The lowest BCUT2D eigenvalue weighted by Gasteiger charge is -2.14. The molecule has 4 aromatic carbocycles. The highest BCUT2D eigenvalue weighted by atomic mass is 32.2. The van der Waals surface area contributed by atoms with Gasteiger partial charge in [0.1, 0.15) is 11.6 Å². The largest absolute Gasteiger partial charge is 0.438 e. The molecule has 0 spiro atoms. The fourth-order valence-corrected chi connectivity index (χ4v) is 5.63. The summed E-state index contributed by atoms with van der Waals surface area (Å²) in [4.78, 5) is 22.2. The number of urea groups is 1. The molecule has 0 radical (unpaired) electrons. The van der Waals surface area contributed by atoms with Gasteiger partial charge in [-0.15, -0.1) is 0 Å². The van der Waals surface area contributed by atoms with Crippen LogP contribution in [0.2, 0.25) is 0 Å². The number of aryl methyl sites for hydroxylation is 1. The van der Waals surface area contributed by atoms with Crippen LogP contribution < -0.4 is 25.4 Å². The standard InChI is InChI=1S/C36H36N8O3S/c1-23(2)31-22-33(44(42-31)27-15-13-24(3)14-16-27)40-36(45)39-30-17-18-32(29-12-7-6-11-28(29)30)47-34-19-20-37-35(41-34)38-25-9-8-10-26(21-25)43-48(4,5)46/h6-23H,4H2,1-3,5H3,(H,43,46)(H,37,38,41)(H2,39,40,45). The van der Waals surface area contributed by atoms with Crippen molar-refractivity contribution in [2.45, 2.75) is 26.7 Å². The van der Waals surface area contributed by atoms with Gasteiger partial charge in [-0.25, -0.2) is 18.7 Å². The molecular weight excluding hydrogens is 625 g/mol. The number of anilines is 5. The Balaban J connectivity index is 1.20. The van der Waals surface area contributed by atoms with E-state index >= 15 is 0 Å². The number of nitrogens with one attached hydrogen (secondary N) is 4. The van der Waals surface area contributed by atoms with Crippen molar-refractivity contribution in [1.82, 2.24) is 19.7 Å². The number of benzene rings is 4. The Bertz CT molecular complexity index is 2210. The molecular formula is C36H36N8O3S. The number of fused-ring (bicyclic) bond motifs is 1. The van der Waals surface area contributed by atoms with Crippen molar-refractivity contribution in [2.24, 2.45) is 0 Å². The van der Waals surface area contributed by atoms with Crippen molar-refractivity contribution in [3.05, 3.63) is 115 Å². The molecule has 1 unspecified atom stereocenters. The normalized spacial score (nSPS) is 12.4. The average molecular weight is 661 g/mol. The molecule has 0 aliphatic rings. The number of carbonyl (C=O) groups is 1. The lowest BCUT2D eigenvalue weighted by molar-refractivity contribution is 0.262. The minimum Gasteiger partial charge on any atom is -0.438 e. The molecule has 0 saturated carbocycles. The average Bonchev–Trinajstić information content (AvgIpc) is 3.46. The minimum absolute atomic E-state index is 0.183. The van der Waals surface area contributed by atoms with Crippen molar-refractivity contribution in [1.29, 1.82) is 0 Å². The Morgan fingerprint density at radius 3 is 2.40 bits per heavy atom. The summed E-state index contributed by atoms with van der Waals surface area (Å²) < 4.78 is 22.9. The molecule has 2 amide bonds. The number of nitrogens with zero attached hydrogens (tertiary/aromatic N) is 4. The summed E-state index contributed by atoms with van der Waals surface area (Å²) >= 11 is 0. The van der Waals surface area contributed by atoms with Crippen LogP contribution in [0.1, 0.15) is 31.0 Å². The van der Waals surface area contributed by atoms with E-state index in [1.165, 1.54) is 6.26 Å². The third-order valence-corrected chi connectivity index (χ3v) is 7.94. The van der Waals surface area contributed by atoms with E-state index in [4.69, 9.17) is 9.84 Å². The lowest BCUT2D eigenvalue weighted by Crippen LogP contribution is -2.21. The zero-order valence-electron chi connectivity index (χ0n) is 27.0.